The van der Waals surface area contributed by atoms with E-state index in [0.717, 1.165) is 0 Å². The van der Waals surface area contributed by atoms with Gasteiger partial charge in [0.05, 0.1) is 25.8 Å². The van der Waals surface area contributed by atoms with E-state index in [2.05, 4.69) is 15.0 Å². The average Bonchev–Trinajstić information content (AvgIpc) is 2.65. The number of nitrogens with zero attached hydrogens (tertiary/aromatic N) is 3. The Bertz CT molecular complexity index is 374. The van der Waals surface area contributed by atoms with Crippen molar-refractivity contribution in [3.05, 3.63) is 11.9 Å². The summed E-state index contributed by atoms with van der Waals surface area (Å²) in [6.07, 6.45) is 1.41. The van der Waals surface area contributed by atoms with Crippen LogP contribution in [0.2, 0.25) is 0 Å². The lowest BCUT2D eigenvalue weighted by atomic mass is 10.2. The Balaban J connectivity index is 2.68. The number of carbonyl (C=O) groups is 2. The summed E-state index contributed by atoms with van der Waals surface area (Å²) < 4.78 is 5.83. The summed E-state index contributed by atoms with van der Waals surface area (Å²) in [5.41, 5.74) is 5.19. The number of rotatable bonds is 4. The topological polar surface area (TPSA) is 100 Å². The molecule has 0 radical (unpaired) electrons. The van der Waals surface area contributed by atoms with Gasteiger partial charge in [-0.3, -0.25) is 9.48 Å². The zero-order chi connectivity index (χ0) is 11.4. The Labute approximate surface area is 86.2 Å². The molecule has 1 amide bonds. The fourth-order valence-corrected chi connectivity index (χ4v) is 0.956. The molecule has 1 unspecified atom stereocenters. The largest absolute Gasteiger partial charge is 0.464 e. The van der Waals surface area contributed by atoms with Crippen LogP contribution in [0.1, 0.15) is 17.4 Å². The van der Waals surface area contributed by atoms with Crippen molar-refractivity contribution < 1.29 is 14.3 Å². The minimum atomic E-state index is -0.562. The van der Waals surface area contributed by atoms with Gasteiger partial charge in [-0.15, -0.1) is 5.10 Å². The van der Waals surface area contributed by atoms with Crippen molar-refractivity contribution in [1.29, 1.82) is 0 Å². The molecule has 0 aromatic carbocycles. The number of primary amides is 1. The van der Waals surface area contributed by atoms with Gasteiger partial charge in [0, 0.05) is 0 Å². The zero-order valence-electron chi connectivity index (χ0n) is 8.51. The molecule has 0 saturated carbocycles. The Hall–Kier alpha value is -1.92. The highest BCUT2D eigenvalue weighted by molar-refractivity contribution is 5.86. The number of amides is 1. The Morgan fingerprint density at radius 2 is 2.33 bits per heavy atom. The minimum Gasteiger partial charge on any atom is -0.464 e. The molecule has 0 saturated heterocycles. The second-order valence-electron chi connectivity index (χ2n) is 3.12. The third-order valence-corrected chi connectivity index (χ3v) is 1.88. The lowest BCUT2D eigenvalue weighted by Crippen LogP contribution is -2.24. The summed E-state index contributed by atoms with van der Waals surface area (Å²) in [5.74, 6) is -1.35. The highest BCUT2D eigenvalue weighted by Crippen LogP contribution is 2.00. The number of hydrogen-bond donors (Lipinski definition) is 1. The quantitative estimate of drug-likeness (QED) is 0.657. The van der Waals surface area contributed by atoms with Crippen molar-refractivity contribution in [3.63, 3.8) is 0 Å². The van der Waals surface area contributed by atoms with Gasteiger partial charge < -0.3 is 10.5 Å². The van der Waals surface area contributed by atoms with E-state index in [0.29, 0.717) is 6.54 Å². The molecular formula is C8H12N4O3. The minimum absolute atomic E-state index is 0.106. The first kappa shape index (κ1) is 11.2. The summed E-state index contributed by atoms with van der Waals surface area (Å²) in [7, 11) is 1.26. The van der Waals surface area contributed by atoms with Crippen LogP contribution in [0.15, 0.2) is 6.20 Å². The van der Waals surface area contributed by atoms with E-state index in [1.54, 1.807) is 6.92 Å². The van der Waals surface area contributed by atoms with Gasteiger partial charge in [0.2, 0.25) is 5.91 Å². The monoisotopic (exact) mass is 212 g/mol. The van der Waals surface area contributed by atoms with Gasteiger partial charge in [0.1, 0.15) is 0 Å². The number of esters is 1. The first-order chi connectivity index (χ1) is 7.04. The van der Waals surface area contributed by atoms with E-state index in [4.69, 9.17) is 5.73 Å². The lowest BCUT2D eigenvalue weighted by molar-refractivity contribution is -0.121. The number of ether oxygens (including phenoxy) is 1. The van der Waals surface area contributed by atoms with Gasteiger partial charge in [-0.05, 0) is 0 Å². The maximum atomic E-state index is 11.0. The summed E-state index contributed by atoms with van der Waals surface area (Å²) in [6.45, 7) is 1.96. The van der Waals surface area contributed by atoms with E-state index >= 15 is 0 Å². The van der Waals surface area contributed by atoms with Crippen LogP contribution in [0.4, 0.5) is 0 Å². The van der Waals surface area contributed by atoms with Gasteiger partial charge in [0.25, 0.3) is 0 Å². The van der Waals surface area contributed by atoms with Crippen molar-refractivity contribution in [2.45, 2.75) is 13.5 Å². The maximum Gasteiger partial charge on any atom is 0.360 e. The van der Waals surface area contributed by atoms with E-state index in [1.165, 1.54) is 18.0 Å². The van der Waals surface area contributed by atoms with Crippen LogP contribution in [0.25, 0.3) is 0 Å². The van der Waals surface area contributed by atoms with Gasteiger partial charge in [-0.1, -0.05) is 12.1 Å². The fraction of sp³-hybridized carbons (Fsp3) is 0.500. The van der Waals surface area contributed by atoms with Crippen LogP contribution < -0.4 is 5.73 Å². The molecular weight excluding hydrogens is 200 g/mol. The predicted octanol–water partition coefficient (Wildman–Crippen LogP) is -0.814. The molecule has 0 aliphatic rings. The normalized spacial score (nSPS) is 12.1. The van der Waals surface area contributed by atoms with E-state index < -0.39 is 11.9 Å². The molecule has 0 aliphatic heterocycles. The Kier molecular flexibility index (Phi) is 3.37. The molecule has 1 heterocycles. The van der Waals surface area contributed by atoms with Crippen LogP contribution in [0.3, 0.4) is 0 Å². The van der Waals surface area contributed by atoms with Crippen LogP contribution in [0.5, 0.6) is 0 Å². The van der Waals surface area contributed by atoms with Crippen molar-refractivity contribution in [1.82, 2.24) is 15.0 Å². The number of hydrogen-bond acceptors (Lipinski definition) is 5. The van der Waals surface area contributed by atoms with Gasteiger partial charge >= 0.3 is 5.97 Å². The van der Waals surface area contributed by atoms with Crippen LogP contribution in [-0.4, -0.2) is 34.0 Å². The standard InChI is InChI=1S/C8H12N4O3/c1-5(7(9)13)3-12-4-6(10-11-12)8(14)15-2/h4-5H,3H2,1-2H3,(H2,9,13). The SMILES string of the molecule is COC(=O)c1cn(CC(C)C(N)=O)nn1. The molecule has 82 valence electrons. The summed E-state index contributed by atoms with van der Waals surface area (Å²) >= 11 is 0. The fourth-order valence-electron chi connectivity index (χ4n) is 0.956. The molecule has 7 heteroatoms. The predicted molar refractivity (Wildman–Crippen MR) is 49.7 cm³/mol. The van der Waals surface area contributed by atoms with Gasteiger partial charge in [-0.2, -0.15) is 0 Å². The molecule has 1 rings (SSSR count). The maximum absolute atomic E-state index is 11.0. The van der Waals surface area contributed by atoms with Crippen molar-refractivity contribution in [2.75, 3.05) is 7.11 Å². The molecule has 0 fully saturated rings. The molecule has 15 heavy (non-hydrogen) atoms. The summed E-state index contributed by atoms with van der Waals surface area (Å²) in [4.78, 5) is 21.8. The highest BCUT2D eigenvalue weighted by atomic mass is 16.5. The number of aromatic nitrogens is 3. The number of methoxy groups -OCH3 is 1. The molecule has 0 spiro atoms. The molecule has 2 N–H and O–H groups in total. The smallest absolute Gasteiger partial charge is 0.360 e. The van der Waals surface area contributed by atoms with E-state index in [-0.39, 0.29) is 11.6 Å². The van der Waals surface area contributed by atoms with Crippen molar-refractivity contribution in [3.8, 4) is 0 Å². The zero-order valence-corrected chi connectivity index (χ0v) is 8.51. The highest BCUT2D eigenvalue weighted by Gasteiger charge is 2.14. The average molecular weight is 212 g/mol. The number of nitrogens with two attached hydrogens (primary N) is 1. The van der Waals surface area contributed by atoms with Crippen molar-refractivity contribution >= 4 is 11.9 Å². The summed E-state index contributed by atoms with van der Waals surface area (Å²) in [5, 5.41) is 7.25. The molecule has 7 nitrogen and oxygen atoms in total. The van der Waals surface area contributed by atoms with Crippen LogP contribution in [0, 0.1) is 5.92 Å². The van der Waals surface area contributed by atoms with Crippen LogP contribution >= 0.6 is 0 Å². The number of carbonyl (C=O) groups excluding carboxylic acids is 2. The Morgan fingerprint density at radius 1 is 1.67 bits per heavy atom. The first-order valence-corrected chi connectivity index (χ1v) is 4.32. The second kappa shape index (κ2) is 4.54. The third-order valence-electron chi connectivity index (χ3n) is 1.88. The van der Waals surface area contributed by atoms with Crippen LogP contribution in [-0.2, 0) is 16.1 Å². The molecule has 1 atom stereocenters. The van der Waals surface area contributed by atoms with E-state index in [1.807, 2.05) is 0 Å². The molecule has 0 bridgehead atoms. The first-order valence-electron chi connectivity index (χ1n) is 4.32. The van der Waals surface area contributed by atoms with E-state index in [9.17, 15) is 9.59 Å². The summed E-state index contributed by atoms with van der Waals surface area (Å²) in [6, 6.07) is 0. The van der Waals surface area contributed by atoms with Gasteiger partial charge in [-0.25, -0.2) is 4.79 Å². The third kappa shape index (κ3) is 2.76. The molecule has 1 aromatic heterocycles. The lowest BCUT2D eigenvalue weighted by Gasteiger charge is -2.04. The van der Waals surface area contributed by atoms with Crippen molar-refractivity contribution in [2.24, 2.45) is 11.7 Å². The molecule has 0 aliphatic carbocycles. The second-order valence-corrected chi connectivity index (χ2v) is 3.12. The van der Waals surface area contributed by atoms with Gasteiger partial charge in [0.15, 0.2) is 5.69 Å². The molecule has 1 aromatic rings. The Morgan fingerprint density at radius 3 is 2.87 bits per heavy atom.